The molecule has 78 valence electrons. The molecule has 3 nitrogen and oxygen atoms in total. The number of hydrogen-bond acceptors (Lipinski definition) is 2. The molecule has 0 saturated carbocycles. The fraction of sp³-hybridized carbons (Fsp3) is 0.273. The molecule has 0 aliphatic rings. The van der Waals surface area contributed by atoms with E-state index >= 15 is 0 Å². The van der Waals surface area contributed by atoms with Gasteiger partial charge in [0.15, 0.2) is 0 Å². The van der Waals surface area contributed by atoms with Crippen LogP contribution in [0.5, 0.6) is 0 Å². The number of alkyl halides is 1. The van der Waals surface area contributed by atoms with Crippen LogP contribution in [0.4, 0.5) is 0 Å². The zero-order valence-electron chi connectivity index (χ0n) is 8.25. The van der Waals surface area contributed by atoms with Crippen molar-refractivity contribution in [3.63, 3.8) is 0 Å². The van der Waals surface area contributed by atoms with Gasteiger partial charge in [-0.1, -0.05) is 28.1 Å². The van der Waals surface area contributed by atoms with Gasteiger partial charge in [-0.2, -0.15) is 5.26 Å². The Kier molecular flexibility index (Phi) is 3.87. The van der Waals surface area contributed by atoms with E-state index in [0.717, 1.165) is 11.1 Å². The molecular formula is C11H10BrNO2. The summed E-state index contributed by atoms with van der Waals surface area (Å²) in [5.74, 6) is -0.881. The molecule has 0 radical (unpaired) electrons. The van der Waals surface area contributed by atoms with E-state index in [0.29, 0.717) is 16.5 Å². The highest BCUT2D eigenvalue weighted by Gasteiger charge is 2.10. The molecule has 0 aromatic heterocycles. The molecule has 0 heterocycles. The van der Waals surface area contributed by atoms with E-state index in [4.69, 9.17) is 10.4 Å². The van der Waals surface area contributed by atoms with Gasteiger partial charge >= 0.3 is 5.97 Å². The second-order valence-corrected chi connectivity index (χ2v) is 3.76. The van der Waals surface area contributed by atoms with Crippen LogP contribution in [-0.2, 0) is 16.5 Å². The summed E-state index contributed by atoms with van der Waals surface area (Å²) >= 11 is 3.29. The maximum atomic E-state index is 10.6. The first-order chi connectivity index (χ1) is 7.10. The number of carboxylic acid groups (broad SMARTS) is 1. The number of benzene rings is 1. The molecular weight excluding hydrogens is 258 g/mol. The van der Waals surface area contributed by atoms with Crippen LogP contribution >= 0.6 is 15.9 Å². The first kappa shape index (κ1) is 11.7. The van der Waals surface area contributed by atoms with Crippen molar-refractivity contribution in [1.82, 2.24) is 0 Å². The van der Waals surface area contributed by atoms with Gasteiger partial charge in [0.1, 0.15) is 0 Å². The summed E-state index contributed by atoms with van der Waals surface area (Å²) in [7, 11) is 0. The van der Waals surface area contributed by atoms with E-state index in [2.05, 4.69) is 22.0 Å². The lowest BCUT2D eigenvalue weighted by Gasteiger charge is -2.08. The van der Waals surface area contributed by atoms with Gasteiger partial charge in [-0.3, -0.25) is 4.79 Å². The molecule has 1 aromatic carbocycles. The lowest BCUT2D eigenvalue weighted by atomic mass is 9.97. The molecule has 0 atom stereocenters. The van der Waals surface area contributed by atoms with Gasteiger partial charge in [0.2, 0.25) is 0 Å². The lowest BCUT2D eigenvalue weighted by Crippen LogP contribution is -2.04. The van der Waals surface area contributed by atoms with Crippen LogP contribution in [0.25, 0.3) is 0 Å². The second kappa shape index (κ2) is 4.94. The molecule has 0 unspecified atom stereocenters. The Morgan fingerprint density at radius 1 is 1.53 bits per heavy atom. The number of nitrogens with zero attached hydrogens (tertiary/aromatic N) is 1. The molecule has 0 saturated heterocycles. The molecule has 0 amide bonds. The molecule has 0 aliphatic carbocycles. The van der Waals surface area contributed by atoms with Gasteiger partial charge in [-0.15, -0.1) is 0 Å². The summed E-state index contributed by atoms with van der Waals surface area (Å²) in [4.78, 5) is 10.6. The average molecular weight is 268 g/mol. The molecule has 1 rings (SSSR count). The first-order valence-corrected chi connectivity index (χ1v) is 5.51. The molecule has 1 N–H and O–H groups in total. The second-order valence-electron chi connectivity index (χ2n) is 3.20. The quantitative estimate of drug-likeness (QED) is 0.856. The van der Waals surface area contributed by atoms with Crippen molar-refractivity contribution in [3.8, 4) is 6.07 Å². The van der Waals surface area contributed by atoms with Crippen LogP contribution in [-0.4, -0.2) is 11.1 Å². The zero-order chi connectivity index (χ0) is 11.4. The number of aliphatic carboxylic acids is 1. The van der Waals surface area contributed by atoms with Gasteiger partial charge in [-0.05, 0) is 23.6 Å². The first-order valence-electron chi connectivity index (χ1n) is 4.39. The number of rotatable bonds is 3. The monoisotopic (exact) mass is 267 g/mol. The van der Waals surface area contributed by atoms with Crippen LogP contribution in [0.3, 0.4) is 0 Å². The topological polar surface area (TPSA) is 61.1 Å². The Labute approximate surface area is 96.5 Å². The summed E-state index contributed by atoms with van der Waals surface area (Å²) in [6.45, 7) is 1.78. The molecule has 0 bridgehead atoms. The minimum Gasteiger partial charge on any atom is -0.481 e. The Morgan fingerprint density at radius 3 is 2.60 bits per heavy atom. The smallest absolute Gasteiger partial charge is 0.307 e. The minimum atomic E-state index is -0.881. The van der Waals surface area contributed by atoms with E-state index in [9.17, 15) is 4.79 Å². The predicted molar refractivity (Wildman–Crippen MR) is 59.9 cm³/mol. The van der Waals surface area contributed by atoms with Gasteiger partial charge < -0.3 is 5.11 Å². The third-order valence-electron chi connectivity index (χ3n) is 2.26. The van der Waals surface area contributed by atoms with Crippen molar-refractivity contribution in [2.45, 2.75) is 18.7 Å². The molecule has 1 aromatic rings. The molecule has 0 fully saturated rings. The van der Waals surface area contributed by atoms with Crippen molar-refractivity contribution in [1.29, 1.82) is 5.26 Å². The molecule has 0 aliphatic heterocycles. The normalized spacial score (nSPS) is 9.67. The fourth-order valence-corrected chi connectivity index (χ4v) is 1.90. The van der Waals surface area contributed by atoms with E-state index in [-0.39, 0.29) is 6.42 Å². The van der Waals surface area contributed by atoms with Crippen LogP contribution < -0.4 is 0 Å². The van der Waals surface area contributed by atoms with Crippen molar-refractivity contribution < 1.29 is 9.90 Å². The van der Waals surface area contributed by atoms with E-state index in [1.165, 1.54) is 0 Å². The third-order valence-corrected chi connectivity index (χ3v) is 2.87. The van der Waals surface area contributed by atoms with Gasteiger partial charge in [0.05, 0.1) is 18.1 Å². The molecule has 0 spiro atoms. The maximum Gasteiger partial charge on any atom is 0.307 e. The predicted octanol–water partition coefficient (Wildman–Crippen LogP) is 2.39. The number of carboxylic acids is 1. The highest BCUT2D eigenvalue weighted by Crippen LogP contribution is 2.20. The lowest BCUT2D eigenvalue weighted by molar-refractivity contribution is -0.136. The molecule has 15 heavy (non-hydrogen) atoms. The molecule has 4 heteroatoms. The highest BCUT2D eigenvalue weighted by atomic mass is 79.9. The van der Waals surface area contributed by atoms with Crippen LogP contribution in [0.2, 0.25) is 0 Å². The number of nitriles is 1. The highest BCUT2D eigenvalue weighted by molar-refractivity contribution is 9.08. The van der Waals surface area contributed by atoms with Gasteiger partial charge in [-0.25, -0.2) is 0 Å². The van der Waals surface area contributed by atoms with E-state index in [1.807, 2.05) is 0 Å². The van der Waals surface area contributed by atoms with Crippen molar-refractivity contribution in [2.75, 3.05) is 0 Å². The summed E-state index contributed by atoms with van der Waals surface area (Å²) in [6.07, 6.45) is -0.0386. The van der Waals surface area contributed by atoms with Gasteiger partial charge in [0.25, 0.3) is 0 Å². The Balaban J connectivity index is 3.24. The fourth-order valence-electron chi connectivity index (χ4n) is 1.43. The Bertz CT molecular complexity index is 435. The third kappa shape index (κ3) is 2.57. The minimum absolute atomic E-state index is 0.0386. The van der Waals surface area contributed by atoms with Crippen molar-refractivity contribution in [2.24, 2.45) is 0 Å². The number of halogens is 1. The largest absolute Gasteiger partial charge is 0.481 e. The van der Waals surface area contributed by atoms with Crippen LogP contribution in [0.15, 0.2) is 12.1 Å². The van der Waals surface area contributed by atoms with Crippen LogP contribution in [0, 0.1) is 18.3 Å². The van der Waals surface area contributed by atoms with Crippen LogP contribution in [0.1, 0.15) is 22.3 Å². The van der Waals surface area contributed by atoms with Crippen molar-refractivity contribution >= 4 is 21.9 Å². The zero-order valence-corrected chi connectivity index (χ0v) is 9.84. The average Bonchev–Trinajstić information content (AvgIpc) is 2.20. The SMILES string of the molecule is Cc1c(CC(=O)O)ccc(CBr)c1C#N. The summed E-state index contributed by atoms with van der Waals surface area (Å²) in [6, 6.07) is 5.66. The summed E-state index contributed by atoms with van der Waals surface area (Å²) in [5, 5.41) is 18.3. The maximum absolute atomic E-state index is 10.6. The summed E-state index contributed by atoms with van der Waals surface area (Å²) < 4.78 is 0. The van der Waals surface area contributed by atoms with Gasteiger partial charge in [0, 0.05) is 5.33 Å². The van der Waals surface area contributed by atoms with E-state index in [1.54, 1.807) is 19.1 Å². The van der Waals surface area contributed by atoms with Crippen molar-refractivity contribution in [3.05, 3.63) is 34.4 Å². The summed E-state index contributed by atoms with van der Waals surface area (Å²) in [5.41, 5.74) is 2.93. The Morgan fingerprint density at radius 2 is 2.13 bits per heavy atom. The Hall–Kier alpha value is -1.34. The standard InChI is InChI=1S/C11H10BrNO2/c1-7-8(4-11(14)15)2-3-9(5-12)10(7)6-13/h2-3H,4-5H2,1H3,(H,14,15). The number of hydrogen-bond donors (Lipinski definition) is 1. The number of carbonyl (C=O) groups is 1. The van der Waals surface area contributed by atoms with E-state index < -0.39 is 5.97 Å².